The average molecular weight is 290 g/mol. The van der Waals surface area contributed by atoms with Gasteiger partial charge in [0.05, 0.1) is 21.3 Å². The van der Waals surface area contributed by atoms with Gasteiger partial charge in [-0.05, 0) is 40.2 Å². The Bertz CT molecular complexity index is 694. The van der Waals surface area contributed by atoms with E-state index in [1.165, 1.54) is 0 Å². The van der Waals surface area contributed by atoms with Crippen LogP contribution in [0.4, 0.5) is 0 Å². The van der Waals surface area contributed by atoms with Crippen LogP contribution in [0, 0.1) is 0 Å². The Labute approximate surface area is 108 Å². The minimum Gasteiger partial charge on any atom is -0.336 e. The number of halogens is 1. The van der Waals surface area contributed by atoms with E-state index in [0.717, 1.165) is 27.2 Å². The van der Waals surface area contributed by atoms with E-state index >= 15 is 0 Å². The molecule has 0 amide bonds. The van der Waals surface area contributed by atoms with Crippen LogP contribution in [0.25, 0.3) is 22.6 Å². The molecule has 0 aliphatic heterocycles. The van der Waals surface area contributed by atoms with Crippen LogP contribution in [0.5, 0.6) is 0 Å². The molecule has 0 unspecified atom stereocenters. The largest absolute Gasteiger partial charge is 0.336 e. The molecule has 4 heteroatoms. The Balaban J connectivity index is 2.31. The van der Waals surface area contributed by atoms with Crippen molar-refractivity contribution in [2.45, 2.75) is 0 Å². The lowest BCUT2D eigenvalue weighted by molar-refractivity contribution is 0.872. The Hall–Kier alpha value is -1.55. The van der Waals surface area contributed by atoms with Gasteiger partial charge in [-0.15, -0.1) is 0 Å². The van der Waals surface area contributed by atoms with Gasteiger partial charge in [0.2, 0.25) is 0 Å². The zero-order valence-electron chi connectivity index (χ0n) is 9.68. The van der Waals surface area contributed by atoms with Gasteiger partial charge in [-0.2, -0.15) is 0 Å². The number of hydrogen-bond donors (Lipinski definition) is 0. The third-order valence-electron chi connectivity index (χ3n) is 3.08. The van der Waals surface area contributed by atoms with Crippen LogP contribution < -0.4 is 0 Å². The first-order chi connectivity index (χ1) is 8.18. The van der Waals surface area contributed by atoms with Crippen LogP contribution in [0.1, 0.15) is 0 Å². The first-order valence-electron chi connectivity index (χ1n) is 5.41. The van der Waals surface area contributed by atoms with Crippen molar-refractivity contribution < 1.29 is 0 Å². The lowest BCUT2D eigenvalue weighted by Gasteiger charge is -2.04. The Morgan fingerprint density at radius 1 is 1.00 bits per heavy atom. The summed E-state index contributed by atoms with van der Waals surface area (Å²) in [6.07, 6.45) is 0. The van der Waals surface area contributed by atoms with Gasteiger partial charge in [0.15, 0.2) is 5.82 Å². The minimum atomic E-state index is 0.986. The lowest BCUT2D eigenvalue weighted by Crippen LogP contribution is -1.98. The molecule has 0 saturated carbocycles. The molecule has 3 rings (SSSR count). The maximum Gasteiger partial charge on any atom is 0.157 e. The highest BCUT2D eigenvalue weighted by Crippen LogP contribution is 2.26. The van der Waals surface area contributed by atoms with Crippen molar-refractivity contribution >= 4 is 27.0 Å². The monoisotopic (exact) mass is 289 g/mol. The topological polar surface area (TPSA) is 22.8 Å². The van der Waals surface area contributed by atoms with Crippen molar-refractivity contribution in [2.24, 2.45) is 14.1 Å². The molecule has 0 N–H and O–H groups in total. The average Bonchev–Trinajstić information content (AvgIpc) is 2.83. The van der Waals surface area contributed by atoms with Crippen molar-refractivity contribution in [1.29, 1.82) is 0 Å². The predicted molar refractivity (Wildman–Crippen MR) is 72.8 cm³/mol. The summed E-state index contributed by atoms with van der Waals surface area (Å²) in [6, 6.07) is 12.3. The molecule has 0 aliphatic carbocycles. The third kappa shape index (κ3) is 1.52. The van der Waals surface area contributed by atoms with Crippen LogP contribution in [0.2, 0.25) is 0 Å². The van der Waals surface area contributed by atoms with Crippen LogP contribution in [0.15, 0.2) is 41.0 Å². The first-order valence-corrected chi connectivity index (χ1v) is 6.21. The second-order valence-corrected chi connectivity index (χ2v) is 4.90. The fourth-order valence-corrected chi connectivity index (χ4v) is 2.41. The maximum absolute atomic E-state index is 4.68. The Kier molecular flexibility index (Phi) is 2.33. The molecule has 0 radical (unpaired) electrons. The van der Waals surface area contributed by atoms with Crippen molar-refractivity contribution in [2.75, 3.05) is 0 Å². The number of aromatic nitrogens is 3. The van der Waals surface area contributed by atoms with Gasteiger partial charge in [0, 0.05) is 14.1 Å². The summed E-state index contributed by atoms with van der Waals surface area (Å²) in [4.78, 5) is 4.68. The van der Waals surface area contributed by atoms with Gasteiger partial charge >= 0.3 is 0 Å². The van der Waals surface area contributed by atoms with E-state index in [1.54, 1.807) is 0 Å². The molecule has 0 aliphatic rings. The van der Waals surface area contributed by atoms with Gasteiger partial charge < -0.3 is 9.13 Å². The van der Waals surface area contributed by atoms with E-state index in [0.29, 0.717) is 0 Å². The van der Waals surface area contributed by atoms with E-state index in [2.05, 4.69) is 42.2 Å². The Morgan fingerprint density at radius 3 is 2.41 bits per heavy atom. The normalized spacial score (nSPS) is 11.2. The minimum absolute atomic E-state index is 0.986. The summed E-state index contributed by atoms with van der Waals surface area (Å²) in [6.45, 7) is 0. The van der Waals surface area contributed by atoms with Crippen LogP contribution >= 0.6 is 15.9 Å². The van der Waals surface area contributed by atoms with E-state index in [1.807, 2.05) is 38.4 Å². The van der Waals surface area contributed by atoms with E-state index in [4.69, 9.17) is 0 Å². The smallest absolute Gasteiger partial charge is 0.157 e. The first kappa shape index (κ1) is 10.6. The number of benzene rings is 1. The molecule has 0 bridgehead atoms. The number of para-hydroxylation sites is 2. The Morgan fingerprint density at radius 2 is 1.76 bits per heavy atom. The molecule has 0 atom stereocenters. The molecule has 3 nitrogen and oxygen atoms in total. The van der Waals surface area contributed by atoms with Gasteiger partial charge in [-0.25, -0.2) is 4.98 Å². The molecule has 2 aromatic heterocycles. The summed E-state index contributed by atoms with van der Waals surface area (Å²) in [5.41, 5.74) is 3.29. The standard InChI is InChI=1S/C13H12BrN3/c1-16-11(7-8-12(16)14)13-15-9-5-3-4-6-10(9)17(13)2/h3-8H,1-2H3. The number of rotatable bonds is 1. The SMILES string of the molecule is Cn1c(Br)ccc1-c1nc2ccccc2n1C. The maximum atomic E-state index is 4.68. The molecular formula is C13H12BrN3. The van der Waals surface area contributed by atoms with Crippen molar-refractivity contribution in [3.8, 4) is 11.5 Å². The predicted octanol–water partition coefficient (Wildman–Crippen LogP) is 3.34. The fourth-order valence-electron chi connectivity index (χ4n) is 2.09. The molecule has 1 aromatic carbocycles. The van der Waals surface area contributed by atoms with Crippen LogP contribution in [0.3, 0.4) is 0 Å². The summed E-state index contributed by atoms with van der Waals surface area (Å²) in [7, 11) is 4.07. The van der Waals surface area contributed by atoms with Gasteiger partial charge in [0.1, 0.15) is 0 Å². The molecule has 86 valence electrons. The highest BCUT2D eigenvalue weighted by Gasteiger charge is 2.12. The molecule has 3 aromatic rings. The molecular weight excluding hydrogens is 278 g/mol. The van der Waals surface area contributed by atoms with Crippen LogP contribution in [-0.2, 0) is 14.1 Å². The lowest BCUT2D eigenvalue weighted by atomic mass is 10.3. The van der Waals surface area contributed by atoms with Gasteiger partial charge in [-0.1, -0.05) is 12.1 Å². The zero-order valence-corrected chi connectivity index (χ0v) is 11.3. The number of aryl methyl sites for hydroxylation is 1. The molecule has 2 heterocycles. The number of fused-ring (bicyclic) bond motifs is 1. The van der Waals surface area contributed by atoms with Crippen molar-refractivity contribution in [1.82, 2.24) is 14.1 Å². The molecule has 0 spiro atoms. The highest BCUT2D eigenvalue weighted by atomic mass is 79.9. The zero-order chi connectivity index (χ0) is 12.0. The van der Waals surface area contributed by atoms with Gasteiger partial charge in [0.25, 0.3) is 0 Å². The second kappa shape index (κ2) is 3.74. The van der Waals surface area contributed by atoms with Crippen molar-refractivity contribution in [3.05, 3.63) is 41.0 Å². The summed E-state index contributed by atoms with van der Waals surface area (Å²) in [5, 5.41) is 0. The van der Waals surface area contributed by atoms with Crippen LogP contribution in [-0.4, -0.2) is 14.1 Å². The van der Waals surface area contributed by atoms with E-state index in [9.17, 15) is 0 Å². The summed E-state index contributed by atoms with van der Waals surface area (Å²) < 4.78 is 5.26. The number of nitrogens with zero attached hydrogens (tertiary/aromatic N) is 3. The highest BCUT2D eigenvalue weighted by molar-refractivity contribution is 9.10. The van der Waals surface area contributed by atoms with E-state index < -0.39 is 0 Å². The van der Waals surface area contributed by atoms with Crippen molar-refractivity contribution in [3.63, 3.8) is 0 Å². The third-order valence-corrected chi connectivity index (χ3v) is 3.87. The summed E-state index contributed by atoms with van der Waals surface area (Å²) >= 11 is 3.51. The van der Waals surface area contributed by atoms with E-state index in [-0.39, 0.29) is 0 Å². The fraction of sp³-hybridized carbons (Fsp3) is 0.154. The van der Waals surface area contributed by atoms with Gasteiger partial charge in [-0.3, -0.25) is 0 Å². The molecule has 0 fully saturated rings. The number of hydrogen-bond acceptors (Lipinski definition) is 1. The quantitative estimate of drug-likeness (QED) is 0.674. The second-order valence-electron chi connectivity index (χ2n) is 4.08. The molecule has 0 saturated heterocycles. The summed E-state index contributed by atoms with van der Waals surface area (Å²) in [5.74, 6) is 0.986. The molecule has 17 heavy (non-hydrogen) atoms. The number of imidazole rings is 1.